The lowest BCUT2D eigenvalue weighted by molar-refractivity contribution is -0.321. The Kier molecular flexibility index (Phi) is 15.4. The maximum absolute atomic E-state index is 13.9. The van der Waals surface area contributed by atoms with Gasteiger partial charge in [-0.3, -0.25) is 9.59 Å². The lowest BCUT2D eigenvalue weighted by Gasteiger charge is -2.44. The van der Waals surface area contributed by atoms with Crippen LogP contribution in [-0.4, -0.2) is 118 Å². The van der Waals surface area contributed by atoms with Gasteiger partial charge in [0.05, 0.1) is 48.5 Å². The summed E-state index contributed by atoms with van der Waals surface area (Å²) in [4.78, 5) is 30.5. The first-order valence-electron chi connectivity index (χ1n) is 18.3. The lowest BCUT2D eigenvalue weighted by Crippen LogP contribution is -2.61. The maximum Gasteiger partial charge on any atom is 0.224 e. The van der Waals surface area contributed by atoms with Crippen LogP contribution in [0, 0.1) is 11.8 Å². The zero-order valence-corrected chi connectivity index (χ0v) is 31.2. The third kappa shape index (κ3) is 11.7. The number of aliphatic hydroxyl groups excluding tert-OH is 4. The Bertz CT molecular complexity index is 1560. The predicted molar refractivity (Wildman–Crippen MR) is 195 cm³/mol. The Hall–Kier alpha value is -3.67. The van der Waals surface area contributed by atoms with Crippen LogP contribution in [0.1, 0.15) is 62.8 Å². The minimum absolute atomic E-state index is 0.000956. The molecule has 2 aromatic rings. The van der Waals surface area contributed by atoms with Crippen LogP contribution in [0.4, 0.5) is 0 Å². The summed E-state index contributed by atoms with van der Waals surface area (Å²) in [6.07, 6.45) is -8.69. The Balaban J connectivity index is 1.52. The summed E-state index contributed by atoms with van der Waals surface area (Å²) < 4.78 is 17.8. The van der Waals surface area contributed by atoms with E-state index < -0.39 is 78.5 Å². The van der Waals surface area contributed by atoms with Crippen molar-refractivity contribution in [2.45, 2.75) is 107 Å². The van der Waals surface area contributed by atoms with E-state index in [1.165, 1.54) is 0 Å². The van der Waals surface area contributed by atoms with Crippen molar-refractivity contribution in [3.8, 4) is 0 Å². The van der Waals surface area contributed by atoms with Gasteiger partial charge in [-0.2, -0.15) is 0 Å². The molecule has 2 aromatic carbocycles. The summed E-state index contributed by atoms with van der Waals surface area (Å²) in [5.74, 6) is -2.62. The first kappa shape index (κ1) is 43.1. The third-order valence-electron chi connectivity index (χ3n) is 10.0. The summed E-state index contributed by atoms with van der Waals surface area (Å²) in [6.45, 7) is 6.56. The smallest absolute Gasteiger partial charge is 0.224 e. The van der Waals surface area contributed by atoms with Crippen molar-refractivity contribution >= 4 is 11.8 Å². The molecule has 1 saturated heterocycles. The monoisotopic (exact) mass is 757 g/mol. The summed E-state index contributed by atoms with van der Waals surface area (Å²) in [7, 11) is 0. The highest BCUT2D eigenvalue weighted by atomic mass is 16.7. The molecule has 0 unspecified atom stereocenters. The fourth-order valence-electron chi connectivity index (χ4n) is 6.75. The van der Waals surface area contributed by atoms with Gasteiger partial charge >= 0.3 is 0 Å². The van der Waals surface area contributed by atoms with Gasteiger partial charge in [-0.1, -0.05) is 53.6 Å². The van der Waals surface area contributed by atoms with Crippen molar-refractivity contribution in [3.63, 3.8) is 0 Å². The molecule has 1 saturated carbocycles. The standard InChI is InChI=1S/C38H55N5O11/c1-37(2,50)24-9-5-22(6-10-24)13-15-40-34(48)26-19-28(52-18-17-42-43-39)29(53-36-33(47)32(46)31(45)30(21-44)54-36)20-27(26)35(49)41-16-14-23-7-11-25(12-8-23)38(3,4)51/h5-12,26-33,36,44-47,50-51H,13-21H2,1-4H3,(H,40,48)(H,41,49)/t26-,27-,28-,29-,30+,31+,32-,33-,36-/m0/s1. The van der Waals surface area contributed by atoms with Gasteiger partial charge in [0.15, 0.2) is 6.29 Å². The Morgan fingerprint density at radius 2 is 1.30 bits per heavy atom. The molecule has 2 fully saturated rings. The molecule has 1 aliphatic carbocycles. The molecule has 298 valence electrons. The van der Waals surface area contributed by atoms with Gasteiger partial charge in [0.1, 0.15) is 24.4 Å². The van der Waals surface area contributed by atoms with Gasteiger partial charge in [-0.15, -0.1) is 0 Å². The van der Waals surface area contributed by atoms with E-state index in [0.29, 0.717) is 12.8 Å². The highest BCUT2D eigenvalue weighted by molar-refractivity contribution is 5.88. The van der Waals surface area contributed by atoms with E-state index in [1.54, 1.807) is 27.7 Å². The highest BCUT2D eigenvalue weighted by Crippen LogP contribution is 2.36. The molecule has 16 nitrogen and oxygen atoms in total. The third-order valence-corrected chi connectivity index (χ3v) is 10.0. The topological polar surface area (TPSA) is 256 Å². The van der Waals surface area contributed by atoms with Crippen molar-refractivity contribution in [3.05, 3.63) is 81.2 Å². The second-order valence-electron chi connectivity index (χ2n) is 15.0. The van der Waals surface area contributed by atoms with Crippen LogP contribution in [0.2, 0.25) is 0 Å². The molecule has 54 heavy (non-hydrogen) atoms. The van der Waals surface area contributed by atoms with Crippen LogP contribution >= 0.6 is 0 Å². The van der Waals surface area contributed by atoms with Crippen LogP contribution < -0.4 is 10.6 Å². The molecule has 16 heteroatoms. The van der Waals surface area contributed by atoms with E-state index in [4.69, 9.17) is 19.7 Å². The van der Waals surface area contributed by atoms with E-state index in [-0.39, 0.29) is 45.0 Å². The van der Waals surface area contributed by atoms with Crippen molar-refractivity contribution in [2.75, 3.05) is 32.8 Å². The van der Waals surface area contributed by atoms with E-state index in [0.717, 1.165) is 22.3 Å². The number of hydrogen-bond donors (Lipinski definition) is 8. The molecule has 1 aliphatic heterocycles. The number of nitrogens with one attached hydrogen (secondary N) is 2. The maximum atomic E-state index is 13.9. The Labute approximate surface area is 315 Å². The van der Waals surface area contributed by atoms with Crippen molar-refractivity contribution in [1.29, 1.82) is 0 Å². The number of benzene rings is 2. The van der Waals surface area contributed by atoms with E-state index in [2.05, 4.69) is 20.7 Å². The number of carbonyl (C=O) groups excluding carboxylic acids is 2. The first-order chi connectivity index (χ1) is 25.5. The second kappa shape index (κ2) is 19.3. The van der Waals surface area contributed by atoms with Gasteiger partial charge in [0.2, 0.25) is 11.8 Å². The summed E-state index contributed by atoms with van der Waals surface area (Å²) >= 11 is 0. The molecule has 0 radical (unpaired) electrons. The van der Waals surface area contributed by atoms with Crippen molar-refractivity contribution in [2.24, 2.45) is 17.0 Å². The predicted octanol–water partition coefficient (Wildman–Crippen LogP) is 1.07. The molecule has 4 rings (SSSR count). The van der Waals surface area contributed by atoms with Crippen LogP contribution in [-0.2, 0) is 47.8 Å². The van der Waals surface area contributed by atoms with Crippen LogP contribution in [0.3, 0.4) is 0 Å². The average molecular weight is 758 g/mol. The van der Waals surface area contributed by atoms with Crippen molar-refractivity contribution in [1.82, 2.24) is 10.6 Å². The van der Waals surface area contributed by atoms with Crippen LogP contribution in [0.25, 0.3) is 10.4 Å². The van der Waals surface area contributed by atoms with E-state index in [1.807, 2.05) is 48.5 Å². The molecule has 0 bridgehead atoms. The minimum Gasteiger partial charge on any atom is -0.394 e. The Morgan fingerprint density at radius 1 is 0.815 bits per heavy atom. The molecule has 0 aromatic heterocycles. The van der Waals surface area contributed by atoms with Gasteiger partial charge in [-0.05, 0) is 81.2 Å². The van der Waals surface area contributed by atoms with Gasteiger partial charge in [0, 0.05) is 24.5 Å². The van der Waals surface area contributed by atoms with E-state index in [9.17, 15) is 40.2 Å². The molecule has 8 N–H and O–H groups in total. The molecular formula is C38H55N5O11. The van der Waals surface area contributed by atoms with Crippen LogP contribution in [0.15, 0.2) is 53.6 Å². The quantitative estimate of drug-likeness (QED) is 0.0490. The number of nitrogens with zero attached hydrogens (tertiary/aromatic N) is 3. The molecular weight excluding hydrogens is 702 g/mol. The zero-order chi connectivity index (χ0) is 39.6. The molecule has 2 amide bonds. The Morgan fingerprint density at radius 3 is 1.74 bits per heavy atom. The fourth-order valence-corrected chi connectivity index (χ4v) is 6.75. The van der Waals surface area contributed by atoms with Gasteiger partial charge < -0.3 is 55.5 Å². The zero-order valence-electron chi connectivity index (χ0n) is 31.2. The number of hydrogen-bond acceptors (Lipinski definition) is 12. The number of rotatable bonds is 17. The molecule has 9 atom stereocenters. The number of amides is 2. The largest absolute Gasteiger partial charge is 0.394 e. The first-order valence-corrected chi connectivity index (χ1v) is 18.3. The molecule has 1 heterocycles. The average Bonchev–Trinajstić information content (AvgIpc) is 3.13. The lowest BCUT2D eigenvalue weighted by atomic mass is 9.75. The summed E-state index contributed by atoms with van der Waals surface area (Å²) in [6, 6.07) is 14.8. The number of azide groups is 1. The number of carbonyl (C=O) groups is 2. The van der Waals surface area contributed by atoms with Crippen molar-refractivity contribution < 1.29 is 54.4 Å². The highest BCUT2D eigenvalue weighted by Gasteiger charge is 2.49. The van der Waals surface area contributed by atoms with Gasteiger partial charge in [-0.25, -0.2) is 0 Å². The summed E-state index contributed by atoms with van der Waals surface area (Å²) in [5.41, 5.74) is 10.1. The SMILES string of the molecule is CC(C)(O)c1ccc(CCNC(=O)[C@H]2C[C@H](OCCN=[N+]=[N-])[C@@H](O[C@H]3O[C@H](CO)[C@@H](O)[C@H](O)[C@@H]3O)C[C@@H]2C(=O)NCCc2ccc(C(C)(C)O)cc2)cc1. The number of aliphatic hydroxyl groups is 6. The number of ether oxygens (including phenoxy) is 3. The van der Waals surface area contributed by atoms with E-state index >= 15 is 0 Å². The summed E-state index contributed by atoms with van der Waals surface area (Å²) in [5, 5.41) is 71.0. The minimum atomic E-state index is -1.71. The second-order valence-corrected chi connectivity index (χ2v) is 15.0. The normalized spacial score (nSPS) is 27.5. The molecule has 0 spiro atoms. The van der Waals surface area contributed by atoms with Crippen LogP contribution in [0.5, 0.6) is 0 Å². The van der Waals surface area contributed by atoms with Gasteiger partial charge in [0.25, 0.3) is 0 Å². The fraction of sp³-hybridized carbons (Fsp3) is 0.632. The molecule has 2 aliphatic rings.